The molecule has 0 N–H and O–H groups in total. The molecule has 0 saturated heterocycles. The van der Waals surface area contributed by atoms with Crippen molar-refractivity contribution >= 4 is 5.71 Å². The van der Waals surface area contributed by atoms with E-state index in [0.717, 1.165) is 24.5 Å². The third kappa shape index (κ3) is 10.9. The molecule has 31 heavy (non-hydrogen) atoms. The molecule has 0 aromatic carbocycles. The van der Waals surface area contributed by atoms with Crippen molar-refractivity contribution in [2.45, 2.75) is 111 Å². The molecular weight excluding hydrogens is 386 g/mol. The van der Waals surface area contributed by atoms with Crippen LogP contribution in [0.1, 0.15) is 111 Å². The molecule has 0 aromatic heterocycles. The second-order valence-corrected chi connectivity index (χ2v) is 8.43. The molecule has 0 amide bonds. The van der Waals surface area contributed by atoms with Gasteiger partial charge in [0, 0.05) is 19.2 Å². The van der Waals surface area contributed by atoms with Crippen LogP contribution in [0, 0.1) is 0 Å². The van der Waals surface area contributed by atoms with Crippen molar-refractivity contribution in [3.8, 4) is 0 Å². The predicted molar refractivity (Wildman–Crippen MR) is 130 cm³/mol. The second-order valence-electron chi connectivity index (χ2n) is 8.43. The third-order valence-electron chi connectivity index (χ3n) is 5.81. The number of rotatable bonds is 19. The summed E-state index contributed by atoms with van der Waals surface area (Å²) in [6.07, 6.45) is 18.0. The Morgan fingerprint density at radius 2 is 1.29 bits per heavy atom. The van der Waals surface area contributed by atoms with Gasteiger partial charge in [-0.3, -0.25) is 0 Å². The van der Waals surface area contributed by atoms with E-state index in [0.29, 0.717) is 31.1 Å². The first-order valence-corrected chi connectivity index (χ1v) is 12.9. The topological polar surface area (TPSA) is 58.1 Å². The van der Waals surface area contributed by atoms with Crippen molar-refractivity contribution < 1.29 is 14.3 Å². The fourth-order valence-electron chi connectivity index (χ4n) is 4.07. The van der Waals surface area contributed by atoms with Crippen LogP contribution < -0.4 is 0 Å². The Morgan fingerprint density at radius 1 is 0.774 bits per heavy atom. The number of ether oxygens (including phenoxy) is 2. The first-order valence-electron chi connectivity index (χ1n) is 12.9. The minimum atomic E-state index is 0.481. The van der Waals surface area contributed by atoms with Gasteiger partial charge in [0.1, 0.15) is 12.2 Å². The molecule has 1 rings (SSSR count). The highest BCUT2D eigenvalue weighted by Gasteiger charge is 2.30. The summed E-state index contributed by atoms with van der Waals surface area (Å²) in [5, 5.41) is 0. The molecule has 5 nitrogen and oxygen atoms in total. The summed E-state index contributed by atoms with van der Waals surface area (Å²) in [5.41, 5.74) is 11.1. The van der Waals surface area contributed by atoms with Crippen LogP contribution in [-0.4, -0.2) is 41.7 Å². The van der Waals surface area contributed by atoms with Gasteiger partial charge in [-0.15, -0.1) is 0 Å². The van der Waals surface area contributed by atoms with E-state index >= 15 is 0 Å². The van der Waals surface area contributed by atoms with Gasteiger partial charge in [-0.05, 0) is 26.7 Å². The summed E-state index contributed by atoms with van der Waals surface area (Å²) in [4.78, 5) is 5.96. The van der Waals surface area contributed by atoms with Gasteiger partial charge < -0.3 is 19.9 Å². The molecule has 0 fully saturated rings. The van der Waals surface area contributed by atoms with Crippen LogP contribution >= 0.6 is 0 Å². The van der Waals surface area contributed by atoms with Gasteiger partial charge in [0.05, 0.1) is 18.9 Å². The lowest BCUT2D eigenvalue weighted by Gasteiger charge is -2.30. The SMILES string of the molecule is CCCCCCCCN(CCCCCCCC)C1=C(OCC)CC(=[N+]=[N-])C(OCC)=C1. The summed E-state index contributed by atoms with van der Waals surface area (Å²) >= 11 is 0. The number of hydrogen-bond acceptors (Lipinski definition) is 3. The van der Waals surface area contributed by atoms with Crippen LogP contribution in [0.3, 0.4) is 0 Å². The summed E-state index contributed by atoms with van der Waals surface area (Å²) in [5.74, 6) is 1.56. The van der Waals surface area contributed by atoms with Gasteiger partial charge >= 0.3 is 5.71 Å². The summed E-state index contributed by atoms with van der Waals surface area (Å²) < 4.78 is 11.8. The van der Waals surface area contributed by atoms with Gasteiger partial charge in [-0.25, -0.2) is 0 Å². The van der Waals surface area contributed by atoms with Crippen LogP contribution in [0.15, 0.2) is 23.3 Å². The first kappa shape index (κ1) is 27.3. The third-order valence-corrected chi connectivity index (χ3v) is 5.81. The van der Waals surface area contributed by atoms with Gasteiger partial charge in [-0.1, -0.05) is 78.1 Å². The van der Waals surface area contributed by atoms with Gasteiger partial charge in [0.2, 0.25) is 5.76 Å². The molecule has 0 spiro atoms. The molecule has 0 bridgehead atoms. The fourth-order valence-corrected chi connectivity index (χ4v) is 4.07. The Kier molecular flexibility index (Phi) is 15.8. The molecule has 1 aliphatic carbocycles. The van der Waals surface area contributed by atoms with E-state index in [1.807, 2.05) is 19.9 Å². The maximum Gasteiger partial charge on any atom is 0.341 e. The van der Waals surface area contributed by atoms with E-state index in [4.69, 9.17) is 9.47 Å². The molecule has 0 unspecified atom stereocenters. The Labute approximate surface area is 191 Å². The van der Waals surface area contributed by atoms with Gasteiger partial charge in [0.15, 0.2) is 0 Å². The molecule has 0 atom stereocenters. The van der Waals surface area contributed by atoms with Gasteiger partial charge in [0.25, 0.3) is 0 Å². The van der Waals surface area contributed by atoms with Crippen LogP contribution in [0.4, 0.5) is 0 Å². The number of allylic oxidation sites excluding steroid dienone is 3. The molecule has 0 radical (unpaired) electrons. The first-order chi connectivity index (χ1) is 15.2. The number of hydrogen-bond donors (Lipinski definition) is 0. The Bertz CT molecular complexity index is 575. The lowest BCUT2D eigenvalue weighted by molar-refractivity contribution is -0.0137. The van der Waals surface area contributed by atoms with Crippen molar-refractivity contribution in [2.75, 3.05) is 26.3 Å². The van der Waals surface area contributed by atoms with Crippen LogP contribution in [0.25, 0.3) is 5.53 Å². The largest absolute Gasteiger partial charge is 0.495 e. The summed E-state index contributed by atoms with van der Waals surface area (Å²) in [6.45, 7) is 11.7. The molecule has 1 aliphatic rings. The fraction of sp³-hybridized carbons (Fsp3) is 0.808. The van der Waals surface area contributed by atoms with Crippen LogP contribution in [0.5, 0.6) is 0 Å². The smallest absolute Gasteiger partial charge is 0.341 e. The maximum absolute atomic E-state index is 9.46. The lowest BCUT2D eigenvalue weighted by Crippen LogP contribution is -2.30. The minimum absolute atomic E-state index is 0.481. The number of nitrogens with zero attached hydrogens (tertiary/aromatic N) is 3. The minimum Gasteiger partial charge on any atom is -0.495 e. The Hall–Kier alpha value is -1.74. The summed E-state index contributed by atoms with van der Waals surface area (Å²) in [6, 6.07) is 0. The predicted octanol–water partition coefficient (Wildman–Crippen LogP) is 7.25. The zero-order valence-corrected chi connectivity index (χ0v) is 20.8. The highest BCUT2D eigenvalue weighted by atomic mass is 16.5. The highest BCUT2D eigenvalue weighted by molar-refractivity contribution is 5.97. The van der Waals surface area contributed by atoms with Crippen molar-refractivity contribution in [2.24, 2.45) is 0 Å². The quantitative estimate of drug-likeness (QED) is 0.122. The lowest BCUT2D eigenvalue weighted by atomic mass is 10.0. The van der Waals surface area contributed by atoms with Gasteiger partial charge in [-0.2, -0.15) is 4.79 Å². The molecule has 0 heterocycles. The van der Waals surface area contributed by atoms with E-state index in [2.05, 4.69) is 23.5 Å². The van der Waals surface area contributed by atoms with E-state index in [9.17, 15) is 5.53 Å². The Morgan fingerprint density at radius 3 is 1.77 bits per heavy atom. The highest BCUT2D eigenvalue weighted by Crippen LogP contribution is 2.27. The van der Waals surface area contributed by atoms with Crippen molar-refractivity contribution in [3.05, 3.63) is 28.8 Å². The summed E-state index contributed by atoms with van der Waals surface area (Å²) in [7, 11) is 0. The molecule has 178 valence electrons. The Balaban J connectivity index is 2.89. The molecule has 0 saturated carbocycles. The second kappa shape index (κ2) is 17.9. The maximum atomic E-state index is 9.46. The van der Waals surface area contributed by atoms with E-state index in [1.54, 1.807) is 0 Å². The van der Waals surface area contributed by atoms with Crippen LogP contribution in [0.2, 0.25) is 0 Å². The van der Waals surface area contributed by atoms with Crippen molar-refractivity contribution in [1.82, 2.24) is 4.90 Å². The average molecular weight is 434 g/mol. The van der Waals surface area contributed by atoms with E-state index in [1.165, 1.54) is 77.0 Å². The van der Waals surface area contributed by atoms with Crippen LogP contribution in [-0.2, 0) is 9.47 Å². The normalized spacial score (nSPS) is 13.8. The molecule has 0 aromatic rings. The van der Waals surface area contributed by atoms with E-state index < -0.39 is 0 Å². The van der Waals surface area contributed by atoms with E-state index in [-0.39, 0.29) is 0 Å². The number of unbranched alkanes of at least 4 members (excludes halogenated alkanes) is 10. The molecule has 0 aliphatic heterocycles. The van der Waals surface area contributed by atoms with Crippen molar-refractivity contribution in [3.63, 3.8) is 0 Å². The molecule has 5 heteroatoms. The van der Waals surface area contributed by atoms with Crippen molar-refractivity contribution in [1.29, 1.82) is 0 Å². The molecular formula is C26H47N3O2. The zero-order valence-electron chi connectivity index (χ0n) is 20.8. The zero-order chi connectivity index (χ0) is 22.7. The monoisotopic (exact) mass is 433 g/mol. The standard InChI is InChI=1S/C26H47N3O2/c1-5-9-11-13-15-17-19-29(20-18-16-14-12-10-6-2)24-22-25(30-7-3)23(28-27)21-26(24)31-8-4/h22H,5-21H2,1-4H3. The average Bonchev–Trinajstić information content (AvgIpc) is 2.78.